The number of benzene rings is 1. The van der Waals surface area contributed by atoms with Crippen LogP contribution in [0.1, 0.15) is 37.6 Å². The average Bonchev–Trinajstić information content (AvgIpc) is 2.73. The second-order valence-corrected chi connectivity index (χ2v) is 5.41. The maximum Gasteiger partial charge on any atom is 0.338 e. The first-order chi connectivity index (χ1) is 10.4. The van der Waals surface area contributed by atoms with E-state index in [1.54, 1.807) is 31.2 Å². The highest BCUT2D eigenvalue weighted by Gasteiger charge is 2.34. The van der Waals surface area contributed by atoms with E-state index < -0.39 is 5.97 Å². The molecule has 0 N–H and O–H groups in total. The summed E-state index contributed by atoms with van der Waals surface area (Å²) in [4.78, 5) is 37.1. The normalized spacial score (nSPS) is 16.7. The van der Waals surface area contributed by atoms with Gasteiger partial charge >= 0.3 is 5.97 Å². The quantitative estimate of drug-likeness (QED) is 0.487. The third-order valence-corrected chi connectivity index (χ3v) is 3.24. The molecule has 0 aliphatic carbocycles. The number of allylic oxidation sites excluding steroid dienone is 1. The number of anilines is 1. The van der Waals surface area contributed by atoms with Crippen molar-refractivity contribution in [3.8, 4) is 0 Å². The van der Waals surface area contributed by atoms with Crippen LogP contribution in [-0.4, -0.2) is 24.4 Å². The summed E-state index contributed by atoms with van der Waals surface area (Å²) in [5.74, 6) is -0.755. The van der Waals surface area contributed by atoms with E-state index in [2.05, 4.69) is 0 Å². The predicted molar refractivity (Wildman–Crippen MR) is 82.4 cm³/mol. The average molecular weight is 301 g/mol. The summed E-state index contributed by atoms with van der Waals surface area (Å²) in [5.41, 5.74) is 1.38. The second-order valence-electron chi connectivity index (χ2n) is 5.41. The molecule has 22 heavy (non-hydrogen) atoms. The molecular formula is C17H19NO4. The third-order valence-electron chi connectivity index (χ3n) is 3.24. The number of carbonyl (C=O) groups excluding carboxylic acids is 3. The number of esters is 1. The molecule has 1 aliphatic rings. The summed E-state index contributed by atoms with van der Waals surface area (Å²) in [6.45, 7) is 5.95. The lowest BCUT2D eigenvalue weighted by atomic mass is 10.1. The van der Waals surface area contributed by atoms with E-state index in [0.717, 1.165) is 4.90 Å². The van der Waals surface area contributed by atoms with Crippen LogP contribution in [0.25, 0.3) is 0 Å². The summed E-state index contributed by atoms with van der Waals surface area (Å²) in [5, 5.41) is 0. The highest BCUT2D eigenvalue weighted by atomic mass is 16.5. The Hall–Kier alpha value is -2.43. The van der Waals surface area contributed by atoms with Crippen LogP contribution in [0, 0.1) is 5.92 Å². The number of rotatable bonds is 4. The molecule has 1 aromatic carbocycles. The summed E-state index contributed by atoms with van der Waals surface area (Å²) < 4.78 is 4.90. The van der Waals surface area contributed by atoms with Crippen molar-refractivity contribution < 1.29 is 19.1 Å². The minimum atomic E-state index is -0.423. The fourth-order valence-corrected chi connectivity index (χ4v) is 2.33. The third kappa shape index (κ3) is 3.24. The monoisotopic (exact) mass is 301 g/mol. The molecule has 2 amide bonds. The van der Waals surface area contributed by atoms with Gasteiger partial charge in [-0.25, -0.2) is 9.69 Å². The lowest BCUT2D eigenvalue weighted by Gasteiger charge is -2.14. The van der Waals surface area contributed by atoms with E-state index in [-0.39, 0.29) is 24.2 Å². The molecule has 1 aliphatic heterocycles. The fraction of sp³-hybridized carbons (Fsp3) is 0.353. The fourth-order valence-electron chi connectivity index (χ4n) is 2.33. The van der Waals surface area contributed by atoms with Gasteiger partial charge in [0.2, 0.25) is 5.91 Å². The maximum absolute atomic E-state index is 12.3. The second kappa shape index (κ2) is 6.56. The molecule has 1 fully saturated rings. The van der Waals surface area contributed by atoms with Gasteiger partial charge in [-0.1, -0.05) is 19.9 Å². The number of carbonyl (C=O) groups is 3. The molecule has 0 atom stereocenters. The first kappa shape index (κ1) is 15.9. The molecule has 5 heteroatoms. The van der Waals surface area contributed by atoms with Crippen molar-refractivity contribution in [2.75, 3.05) is 11.5 Å². The number of imide groups is 1. The Morgan fingerprint density at radius 3 is 2.45 bits per heavy atom. The maximum atomic E-state index is 12.3. The van der Waals surface area contributed by atoms with E-state index in [4.69, 9.17) is 4.74 Å². The van der Waals surface area contributed by atoms with Crippen LogP contribution in [0.15, 0.2) is 35.9 Å². The number of ether oxygens (including phenoxy) is 1. The topological polar surface area (TPSA) is 63.7 Å². The van der Waals surface area contributed by atoms with Crippen LogP contribution < -0.4 is 4.90 Å². The first-order valence-corrected chi connectivity index (χ1v) is 7.29. The number of hydrogen-bond acceptors (Lipinski definition) is 4. The smallest absolute Gasteiger partial charge is 0.338 e. The Morgan fingerprint density at radius 1 is 1.27 bits per heavy atom. The van der Waals surface area contributed by atoms with Gasteiger partial charge in [0.1, 0.15) is 0 Å². The van der Waals surface area contributed by atoms with Crippen molar-refractivity contribution in [3.63, 3.8) is 0 Å². The number of nitrogens with zero attached hydrogens (tertiary/aromatic N) is 1. The van der Waals surface area contributed by atoms with Crippen molar-refractivity contribution in [1.29, 1.82) is 0 Å². The molecular weight excluding hydrogens is 282 g/mol. The van der Waals surface area contributed by atoms with Gasteiger partial charge in [0.25, 0.3) is 5.91 Å². The van der Waals surface area contributed by atoms with Crippen LogP contribution >= 0.6 is 0 Å². The SMILES string of the molecule is CCOC(=O)c1ccc(N2C(=O)CC(=CC(C)C)C2=O)cc1. The lowest BCUT2D eigenvalue weighted by Crippen LogP contribution is -2.29. The Labute approximate surface area is 129 Å². The molecule has 116 valence electrons. The standard InChI is InChI=1S/C17H19NO4/c1-4-22-17(21)12-5-7-14(8-6-12)18-15(19)10-13(16(18)20)9-11(2)3/h5-9,11H,4,10H2,1-3H3. The molecule has 2 rings (SSSR count). The zero-order valence-corrected chi connectivity index (χ0v) is 13.0. The van der Waals surface area contributed by atoms with Gasteiger partial charge in [-0.2, -0.15) is 0 Å². The zero-order chi connectivity index (χ0) is 16.3. The largest absolute Gasteiger partial charge is 0.462 e. The summed E-state index contributed by atoms with van der Waals surface area (Å²) in [7, 11) is 0. The Morgan fingerprint density at radius 2 is 1.91 bits per heavy atom. The number of amides is 2. The van der Waals surface area contributed by atoms with E-state index in [0.29, 0.717) is 23.4 Å². The van der Waals surface area contributed by atoms with Gasteiger partial charge in [-0.15, -0.1) is 0 Å². The Balaban J connectivity index is 2.23. The van der Waals surface area contributed by atoms with Gasteiger partial charge < -0.3 is 4.74 Å². The summed E-state index contributed by atoms with van der Waals surface area (Å²) in [6, 6.07) is 6.27. The molecule has 0 spiro atoms. The van der Waals surface area contributed by atoms with E-state index in [1.165, 1.54) is 0 Å². The molecule has 0 aromatic heterocycles. The number of hydrogen-bond donors (Lipinski definition) is 0. The highest BCUT2D eigenvalue weighted by molar-refractivity contribution is 6.28. The molecule has 5 nitrogen and oxygen atoms in total. The van der Waals surface area contributed by atoms with Crippen LogP contribution in [0.4, 0.5) is 5.69 Å². The molecule has 0 saturated carbocycles. The van der Waals surface area contributed by atoms with Gasteiger partial charge in [-0.05, 0) is 37.1 Å². The van der Waals surface area contributed by atoms with Crippen molar-refractivity contribution in [3.05, 3.63) is 41.5 Å². The first-order valence-electron chi connectivity index (χ1n) is 7.29. The van der Waals surface area contributed by atoms with Crippen molar-refractivity contribution in [1.82, 2.24) is 0 Å². The van der Waals surface area contributed by atoms with Crippen LogP contribution in [0.2, 0.25) is 0 Å². The lowest BCUT2D eigenvalue weighted by molar-refractivity contribution is -0.120. The van der Waals surface area contributed by atoms with Crippen molar-refractivity contribution in [2.24, 2.45) is 5.92 Å². The Bertz CT molecular complexity index is 629. The minimum absolute atomic E-state index is 0.122. The van der Waals surface area contributed by atoms with E-state index in [1.807, 2.05) is 19.9 Å². The predicted octanol–water partition coefficient (Wildman–Crippen LogP) is 2.71. The summed E-state index contributed by atoms with van der Waals surface area (Å²) >= 11 is 0. The highest BCUT2D eigenvalue weighted by Crippen LogP contribution is 2.27. The summed E-state index contributed by atoms with van der Waals surface area (Å²) in [6.07, 6.45) is 1.93. The molecule has 0 unspecified atom stereocenters. The molecule has 1 saturated heterocycles. The zero-order valence-electron chi connectivity index (χ0n) is 13.0. The minimum Gasteiger partial charge on any atom is -0.462 e. The van der Waals surface area contributed by atoms with Crippen molar-refractivity contribution in [2.45, 2.75) is 27.2 Å². The van der Waals surface area contributed by atoms with Gasteiger partial charge in [-0.3, -0.25) is 9.59 Å². The van der Waals surface area contributed by atoms with E-state index in [9.17, 15) is 14.4 Å². The van der Waals surface area contributed by atoms with Crippen LogP contribution in [-0.2, 0) is 14.3 Å². The molecule has 0 bridgehead atoms. The molecule has 1 heterocycles. The van der Waals surface area contributed by atoms with Crippen LogP contribution in [0.3, 0.4) is 0 Å². The molecule has 0 radical (unpaired) electrons. The van der Waals surface area contributed by atoms with Gasteiger partial charge in [0.15, 0.2) is 0 Å². The van der Waals surface area contributed by atoms with Crippen LogP contribution in [0.5, 0.6) is 0 Å². The van der Waals surface area contributed by atoms with Gasteiger partial charge in [0.05, 0.1) is 24.3 Å². The van der Waals surface area contributed by atoms with E-state index >= 15 is 0 Å². The Kier molecular flexibility index (Phi) is 4.75. The van der Waals surface area contributed by atoms with Crippen molar-refractivity contribution >= 4 is 23.5 Å². The van der Waals surface area contributed by atoms with Gasteiger partial charge in [0, 0.05) is 5.57 Å². The molecule has 1 aromatic rings.